The number of hydrogen-bond donors (Lipinski definition) is 3. The van der Waals surface area contributed by atoms with E-state index >= 15 is 0 Å². The number of nitrogens with two attached hydrogens (primary N) is 1. The standard InChI is InChI=1S/C21H22N2O3/c1-14-17(21(22)25)12-19(23-14)18-11-15(9-10-24)7-8-20(18)26-13-16-5-3-2-4-6-16/h2-8,11-12,23-24H,9-10,13H2,1H3,(H2,22,25). The van der Waals surface area contributed by atoms with Crippen molar-refractivity contribution >= 4 is 5.91 Å². The molecular formula is C21H22N2O3. The first-order valence-corrected chi connectivity index (χ1v) is 8.49. The van der Waals surface area contributed by atoms with Gasteiger partial charge in [-0.3, -0.25) is 4.79 Å². The van der Waals surface area contributed by atoms with Gasteiger partial charge in [0.25, 0.3) is 5.91 Å². The smallest absolute Gasteiger partial charge is 0.250 e. The average molecular weight is 350 g/mol. The predicted octanol–water partition coefficient (Wildman–Crippen LogP) is 3.20. The highest BCUT2D eigenvalue weighted by atomic mass is 16.5. The predicted molar refractivity (Wildman–Crippen MR) is 101 cm³/mol. The van der Waals surface area contributed by atoms with Crippen molar-refractivity contribution in [2.45, 2.75) is 20.0 Å². The van der Waals surface area contributed by atoms with E-state index in [2.05, 4.69) is 4.98 Å². The summed E-state index contributed by atoms with van der Waals surface area (Å²) in [6.45, 7) is 2.32. The summed E-state index contributed by atoms with van der Waals surface area (Å²) in [5.74, 6) is 0.232. The van der Waals surface area contributed by atoms with Gasteiger partial charge in [0.2, 0.25) is 0 Å². The fraction of sp³-hybridized carbons (Fsp3) is 0.190. The first kappa shape index (κ1) is 17.8. The average Bonchev–Trinajstić information content (AvgIpc) is 3.03. The number of amides is 1. The number of aromatic nitrogens is 1. The van der Waals surface area contributed by atoms with E-state index in [0.29, 0.717) is 30.0 Å². The summed E-state index contributed by atoms with van der Waals surface area (Å²) >= 11 is 0. The highest BCUT2D eigenvalue weighted by Gasteiger charge is 2.15. The Kier molecular flexibility index (Phi) is 5.39. The molecule has 3 aromatic rings. The minimum absolute atomic E-state index is 0.0694. The number of benzene rings is 2. The monoisotopic (exact) mass is 350 g/mol. The van der Waals surface area contributed by atoms with Gasteiger partial charge in [0.1, 0.15) is 12.4 Å². The van der Waals surface area contributed by atoms with E-state index in [1.807, 2.05) is 55.5 Å². The van der Waals surface area contributed by atoms with Crippen LogP contribution in [0.15, 0.2) is 54.6 Å². The maximum Gasteiger partial charge on any atom is 0.250 e. The molecule has 2 aromatic carbocycles. The zero-order valence-electron chi connectivity index (χ0n) is 14.7. The number of carbonyl (C=O) groups excluding carboxylic acids is 1. The number of H-pyrrole nitrogens is 1. The van der Waals surface area contributed by atoms with E-state index in [0.717, 1.165) is 22.4 Å². The van der Waals surface area contributed by atoms with Gasteiger partial charge in [0.15, 0.2) is 0 Å². The fourth-order valence-corrected chi connectivity index (χ4v) is 2.89. The molecule has 1 amide bonds. The van der Waals surface area contributed by atoms with Crippen LogP contribution >= 0.6 is 0 Å². The molecule has 134 valence electrons. The second-order valence-electron chi connectivity index (χ2n) is 6.16. The molecule has 0 unspecified atom stereocenters. The summed E-state index contributed by atoms with van der Waals surface area (Å²) in [5.41, 5.74) is 10.3. The van der Waals surface area contributed by atoms with Crippen LogP contribution < -0.4 is 10.5 Å². The van der Waals surface area contributed by atoms with Gasteiger partial charge in [0, 0.05) is 17.9 Å². The molecule has 3 rings (SSSR count). The molecule has 0 radical (unpaired) electrons. The lowest BCUT2D eigenvalue weighted by molar-refractivity contribution is 0.1000. The Bertz CT molecular complexity index is 901. The highest BCUT2D eigenvalue weighted by Crippen LogP contribution is 2.32. The first-order valence-electron chi connectivity index (χ1n) is 8.49. The summed E-state index contributed by atoms with van der Waals surface area (Å²) in [5, 5.41) is 9.22. The number of aliphatic hydroxyl groups excluding tert-OH is 1. The number of nitrogens with one attached hydrogen (secondary N) is 1. The van der Waals surface area contributed by atoms with E-state index in [4.69, 9.17) is 10.5 Å². The van der Waals surface area contributed by atoms with Crippen molar-refractivity contribution in [3.8, 4) is 17.0 Å². The van der Waals surface area contributed by atoms with Gasteiger partial charge >= 0.3 is 0 Å². The number of ether oxygens (including phenoxy) is 1. The van der Waals surface area contributed by atoms with E-state index < -0.39 is 5.91 Å². The molecule has 0 fully saturated rings. The van der Waals surface area contributed by atoms with E-state index in [-0.39, 0.29) is 6.61 Å². The number of aromatic amines is 1. The van der Waals surface area contributed by atoms with Crippen molar-refractivity contribution in [2.24, 2.45) is 5.73 Å². The second kappa shape index (κ2) is 7.89. The Labute approximate surface area is 152 Å². The van der Waals surface area contributed by atoms with Crippen LogP contribution in [0.25, 0.3) is 11.3 Å². The maximum absolute atomic E-state index is 11.6. The molecule has 0 saturated carbocycles. The molecule has 5 nitrogen and oxygen atoms in total. The molecule has 0 atom stereocenters. The third kappa shape index (κ3) is 3.95. The summed E-state index contributed by atoms with van der Waals surface area (Å²) in [4.78, 5) is 14.8. The van der Waals surface area contributed by atoms with Gasteiger partial charge in [0.05, 0.1) is 11.3 Å². The molecular weight excluding hydrogens is 328 g/mol. The van der Waals surface area contributed by atoms with Crippen molar-refractivity contribution in [1.82, 2.24) is 4.98 Å². The van der Waals surface area contributed by atoms with Crippen LogP contribution in [0.1, 0.15) is 27.2 Å². The second-order valence-corrected chi connectivity index (χ2v) is 6.16. The number of primary amides is 1. The van der Waals surface area contributed by atoms with E-state index in [1.165, 1.54) is 0 Å². The Balaban J connectivity index is 1.96. The third-order valence-electron chi connectivity index (χ3n) is 4.25. The zero-order chi connectivity index (χ0) is 18.5. The summed E-state index contributed by atoms with van der Waals surface area (Å²) in [7, 11) is 0. The van der Waals surface area contributed by atoms with Gasteiger partial charge in [-0.05, 0) is 42.7 Å². The van der Waals surface area contributed by atoms with Crippen molar-refractivity contribution in [3.05, 3.63) is 77.0 Å². The van der Waals surface area contributed by atoms with Gasteiger partial charge in [-0.2, -0.15) is 0 Å². The van der Waals surface area contributed by atoms with Gasteiger partial charge in [-0.15, -0.1) is 0 Å². The SMILES string of the molecule is Cc1[nH]c(-c2cc(CCO)ccc2OCc2ccccc2)cc1C(N)=O. The van der Waals surface area contributed by atoms with Crippen LogP contribution in [0, 0.1) is 6.92 Å². The van der Waals surface area contributed by atoms with E-state index in [1.54, 1.807) is 6.07 Å². The summed E-state index contributed by atoms with van der Waals surface area (Å²) < 4.78 is 6.02. The number of aryl methyl sites for hydroxylation is 1. The van der Waals surface area contributed by atoms with Crippen LogP contribution in [0.2, 0.25) is 0 Å². The number of rotatable bonds is 7. The molecule has 0 spiro atoms. The van der Waals surface area contributed by atoms with Crippen LogP contribution in [0.4, 0.5) is 0 Å². The van der Waals surface area contributed by atoms with Crippen molar-refractivity contribution in [3.63, 3.8) is 0 Å². The topological polar surface area (TPSA) is 88.3 Å². The molecule has 1 heterocycles. The molecule has 1 aromatic heterocycles. The fourth-order valence-electron chi connectivity index (χ4n) is 2.89. The lowest BCUT2D eigenvalue weighted by atomic mass is 10.0. The Hall–Kier alpha value is -3.05. The lowest BCUT2D eigenvalue weighted by Crippen LogP contribution is -2.10. The molecule has 26 heavy (non-hydrogen) atoms. The maximum atomic E-state index is 11.6. The Morgan fingerprint density at radius 3 is 2.54 bits per heavy atom. The highest BCUT2D eigenvalue weighted by molar-refractivity contribution is 5.95. The lowest BCUT2D eigenvalue weighted by Gasteiger charge is -2.13. The normalized spacial score (nSPS) is 10.7. The Morgan fingerprint density at radius 2 is 1.88 bits per heavy atom. The molecule has 0 aliphatic carbocycles. The van der Waals surface area contributed by atoms with Crippen molar-refractivity contribution in [1.29, 1.82) is 0 Å². The molecule has 0 bridgehead atoms. The van der Waals surface area contributed by atoms with Crippen molar-refractivity contribution < 1.29 is 14.6 Å². The third-order valence-corrected chi connectivity index (χ3v) is 4.25. The van der Waals surface area contributed by atoms with Crippen LogP contribution in [-0.4, -0.2) is 22.6 Å². The summed E-state index contributed by atoms with van der Waals surface area (Å²) in [6.07, 6.45) is 0.550. The van der Waals surface area contributed by atoms with Crippen LogP contribution in [0.3, 0.4) is 0 Å². The summed E-state index contributed by atoms with van der Waals surface area (Å²) in [6, 6.07) is 17.4. The van der Waals surface area contributed by atoms with Gasteiger partial charge < -0.3 is 20.6 Å². The Morgan fingerprint density at radius 1 is 1.12 bits per heavy atom. The number of hydrogen-bond acceptors (Lipinski definition) is 3. The largest absolute Gasteiger partial charge is 0.488 e. The molecule has 4 N–H and O–H groups in total. The first-order chi connectivity index (χ1) is 12.6. The van der Waals surface area contributed by atoms with Gasteiger partial charge in [-0.1, -0.05) is 36.4 Å². The number of aliphatic hydroxyl groups is 1. The number of carbonyl (C=O) groups is 1. The van der Waals surface area contributed by atoms with Crippen molar-refractivity contribution in [2.75, 3.05) is 6.61 Å². The van der Waals surface area contributed by atoms with Crippen LogP contribution in [-0.2, 0) is 13.0 Å². The molecule has 0 saturated heterocycles. The molecule has 5 heteroatoms. The van der Waals surface area contributed by atoms with E-state index in [9.17, 15) is 9.90 Å². The molecule has 0 aliphatic rings. The van der Waals surface area contributed by atoms with Crippen LogP contribution in [0.5, 0.6) is 5.75 Å². The minimum atomic E-state index is -0.469. The minimum Gasteiger partial charge on any atom is -0.488 e. The zero-order valence-corrected chi connectivity index (χ0v) is 14.7. The quantitative estimate of drug-likeness (QED) is 0.611. The van der Waals surface area contributed by atoms with Gasteiger partial charge in [-0.25, -0.2) is 0 Å². The molecule has 0 aliphatic heterocycles.